The van der Waals surface area contributed by atoms with Crippen LogP contribution < -0.4 is 0 Å². The normalized spacial score (nSPS) is 11.6. The lowest BCUT2D eigenvalue weighted by atomic mass is 10.0. The molecule has 0 saturated heterocycles. The SMILES string of the molecule is CCCSc1ccc2nc(-c3cccc4ccccc34)n(Cc3ccc4ccccc4c3)c2c1. The fraction of sp³-hybridized carbons (Fsp3) is 0.129. The molecule has 0 saturated carbocycles. The van der Waals surface area contributed by atoms with E-state index < -0.39 is 0 Å². The van der Waals surface area contributed by atoms with Gasteiger partial charge in [0, 0.05) is 17.0 Å². The summed E-state index contributed by atoms with van der Waals surface area (Å²) in [5.74, 6) is 2.15. The molecule has 0 fully saturated rings. The van der Waals surface area contributed by atoms with E-state index in [0.29, 0.717) is 0 Å². The van der Waals surface area contributed by atoms with Gasteiger partial charge in [-0.1, -0.05) is 85.8 Å². The van der Waals surface area contributed by atoms with Gasteiger partial charge in [0.2, 0.25) is 0 Å². The lowest BCUT2D eigenvalue weighted by molar-refractivity contribution is 0.835. The summed E-state index contributed by atoms with van der Waals surface area (Å²) in [6, 6.07) is 37.2. The van der Waals surface area contributed by atoms with E-state index in [-0.39, 0.29) is 0 Å². The quantitative estimate of drug-likeness (QED) is 0.233. The van der Waals surface area contributed by atoms with Crippen LogP contribution in [-0.2, 0) is 6.54 Å². The van der Waals surface area contributed by atoms with Crippen LogP contribution in [0, 0.1) is 0 Å². The van der Waals surface area contributed by atoms with E-state index in [4.69, 9.17) is 4.98 Å². The smallest absolute Gasteiger partial charge is 0.142 e. The first-order valence-corrected chi connectivity index (χ1v) is 12.9. The molecule has 0 spiro atoms. The third-order valence-electron chi connectivity index (χ3n) is 6.38. The molecule has 3 heteroatoms. The third-order valence-corrected chi connectivity index (χ3v) is 7.58. The molecule has 6 rings (SSSR count). The Morgan fingerprint density at radius 3 is 2.41 bits per heavy atom. The van der Waals surface area contributed by atoms with Gasteiger partial charge in [-0.3, -0.25) is 0 Å². The Kier molecular flexibility index (Phi) is 5.56. The van der Waals surface area contributed by atoms with E-state index >= 15 is 0 Å². The maximum Gasteiger partial charge on any atom is 0.142 e. The van der Waals surface area contributed by atoms with Gasteiger partial charge in [-0.15, -0.1) is 11.8 Å². The number of hydrogen-bond acceptors (Lipinski definition) is 2. The molecule has 0 aliphatic carbocycles. The molecule has 0 radical (unpaired) electrons. The van der Waals surface area contributed by atoms with Crippen LogP contribution in [0.2, 0.25) is 0 Å². The summed E-state index contributed by atoms with van der Waals surface area (Å²) in [4.78, 5) is 6.47. The lowest BCUT2D eigenvalue weighted by Crippen LogP contribution is -2.03. The Morgan fingerprint density at radius 2 is 1.53 bits per heavy atom. The van der Waals surface area contributed by atoms with Crippen molar-refractivity contribution in [3.05, 3.63) is 109 Å². The van der Waals surface area contributed by atoms with Crippen molar-refractivity contribution in [2.75, 3.05) is 5.75 Å². The fourth-order valence-corrected chi connectivity index (χ4v) is 5.52. The van der Waals surface area contributed by atoms with Crippen molar-refractivity contribution in [2.24, 2.45) is 0 Å². The molecule has 1 aromatic heterocycles. The zero-order chi connectivity index (χ0) is 22.9. The first-order valence-electron chi connectivity index (χ1n) is 11.9. The van der Waals surface area contributed by atoms with E-state index in [1.807, 2.05) is 11.8 Å². The summed E-state index contributed by atoms with van der Waals surface area (Å²) in [6.45, 7) is 3.01. The van der Waals surface area contributed by atoms with Crippen LogP contribution in [-0.4, -0.2) is 15.3 Å². The Balaban J connectivity index is 1.55. The van der Waals surface area contributed by atoms with Crippen LogP contribution in [0.5, 0.6) is 0 Å². The van der Waals surface area contributed by atoms with Crippen molar-refractivity contribution in [1.29, 1.82) is 0 Å². The molecule has 0 bridgehead atoms. The van der Waals surface area contributed by atoms with Crippen LogP contribution in [0.1, 0.15) is 18.9 Å². The van der Waals surface area contributed by atoms with Gasteiger partial charge in [0.05, 0.1) is 11.0 Å². The van der Waals surface area contributed by atoms with E-state index in [0.717, 1.165) is 23.6 Å². The van der Waals surface area contributed by atoms with E-state index in [1.165, 1.54) is 49.5 Å². The highest BCUT2D eigenvalue weighted by Gasteiger charge is 2.16. The first kappa shape index (κ1) is 21.0. The minimum atomic E-state index is 0.780. The van der Waals surface area contributed by atoms with Gasteiger partial charge in [-0.05, 0) is 63.5 Å². The average Bonchev–Trinajstić information content (AvgIpc) is 3.24. The summed E-state index contributed by atoms with van der Waals surface area (Å²) in [7, 11) is 0. The number of rotatable bonds is 6. The number of fused-ring (bicyclic) bond motifs is 3. The number of aromatic nitrogens is 2. The standard InChI is InChI=1S/C31H26N2S/c1-2-18-34-26-16-17-29-30(20-26)33(21-22-14-15-23-8-3-4-10-25(23)19-22)31(32-29)28-13-7-11-24-9-5-6-12-27(24)28/h3-17,19-20H,2,18,21H2,1H3. The van der Waals surface area contributed by atoms with Crippen molar-refractivity contribution < 1.29 is 0 Å². The van der Waals surface area contributed by atoms with Crippen LogP contribution in [0.25, 0.3) is 44.0 Å². The number of nitrogens with zero attached hydrogens (tertiary/aromatic N) is 2. The molecule has 0 amide bonds. The Bertz CT molecular complexity index is 1620. The zero-order valence-corrected chi connectivity index (χ0v) is 20.1. The van der Waals surface area contributed by atoms with E-state index in [2.05, 4.69) is 115 Å². The summed E-state index contributed by atoms with van der Waals surface area (Å²) >= 11 is 1.92. The Morgan fingerprint density at radius 1 is 0.735 bits per heavy atom. The van der Waals surface area contributed by atoms with Gasteiger partial charge in [-0.25, -0.2) is 4.98 Å². The summed E-state index contributed by atoms with van der Waals surface area (Å²) in [5.41, 5.74) is 4.70. The number of thioether (sulfide) groups is 1. The lowest BCUT2D eigenvalue weighted by Gasteiger charge is -2.13. The van der Waals surface area contributed by atoms with Crippen molar-refractivity contribution in [3.63, 3.8) is 0 Å². The molecule has 6 aromatic rings. The summed E-state index contributed by atoms with van der Waals surface area (Å²) < 4.78 is 2.40. The highest BCUT2D eigenvalue weighted by molar-refractivity contribution is 7.99. The summed E-state index contributed by atoms with van der Waals surface area (Å²) in [6.07, 6.45) is 1.17. The first-order chi connectivity index (χ1) is 16.8. The highest BCUT2D eigenvalue weighted by atomic mass is 32.2. The van der Waals surface area contributed by atoms with Crippen LogP contribution in [0.4, 0.5) is 0 Å². The van der Waals surface area contributed by atoms with Gasteiger partial charge in [0.25, 0.3) is 0 Å². The molecule has 0 aliphatic rings. The molecule has 0 unspecified atom stereocenters. The molecule has 5 aromatic carbocycles. The van der Waals surface area contributed by atoms with Crippen molar-refractivity contribution in [3.8, 4) is 11.4 Å². The highest BCUT2D eigenvalue weighted by Crippen LogP contribution is 2.33. The molecule has 1 heterocycles. The minimum Gasteiger partial charge on any atom is -0.319 e. The zero-order valence-electron chi connectivity index (χ0n) is 19.2. The topological polar surface area (TPSA) is 17.8 Å². The van der Waals surface area contributed by atoms with Crippen LogP contribution in [0.3, 0.4) is 0 Å². The van der Waals surface area contributed by atoms with E-state index in [9.17, 15) is 0 Å². The molecule has 0 N–H and O–H groups in total. The number of imidazole rings is 1. The number of benzene rings is 5. The van der Waals surface area contributed by atoms with Gasteiger partial charge < -0.3 is 4.57 Å². The maximum absolute atomic E-state index is 5.17. The molecular formula is C31H26N2S. The molecule has 166 valence electrons. The summed E-state index contributed by atoms with van der Waals surface area (Å²) in [5, 5.41) is 5.02. The molecule has 0 aliphatic heterocycles. The van der Waals surface area contributed by atoms with E-state index in [1.54, 1.807) is 0 Å². The number of hydrogen-bond donors (Lipinski definition) is 0. The van der Waals surface area contributed by atoms with Gasteiger partial charge in [0.15, 0.2) is 0 Å². The van der Waals surface area contributed by atoms with Crippen molar-refractivity contribution in [1.82, 2.24) is 9.55 Å². The van der Waals surface area contributed by atoms with Gasteiger partial charge in [-0.2, -0.15) is 0 Å². The molecule has 2 nitrogen and oxygen atoms in total. The second-order valence-corrected chi connectivity index (χ2v) is 9.90. The predicted octanol–water partition coefficient (Wildman–Crippen LogP) is 8.56. The van der Waals surface area contributed by atoms with Gasteiger partial charge in [0.1, 0.15) is 5.82 Å². The largest absolute Gasteiger partial charge is 0.319 e. The Labute approximate surface area is 204 Å². The Hall–Kier alpha value is -3.56. The molecule has 34 heavy (non-hydrogen) atoms. The maximum atomic E-state index is 5.17. The molecular weight excluding hydrogens is 432 g/mol. The third kappa shape index (κ3) is 3.86. The van der Waals surface area contributed by atoms with Gasteiger partial charge >= 0.3 is 0 Å². The monoisotopic (exact) mass is 458 g/mol. The fourth-order valence-electron chi connectivity index (χ4n) is 4.72. The minimum absolute atomic E-state index is 0.780. The second kappa shape index (κ2) is 9.00. The van der Waals surface area contributed by atoms with Crippen LogP contribution in [0.15, 0.2) is 108 Å². The average molecular weight is 459 g/mol. The predicted molar refractivity (Wildman–Crippen MR) is 147 cm³/mol. The molecule has 0 atom stereocenters. The second-order valence-electron chi connectivity index (χ2n) is 8.73. The van der Waals surface area contributed by atoms with Crippen molar-refractivity contribution >= 4 is 44.3 Å². The van der Waals surface area contributed by atoms with Crippen molar-refractivity contribution in [2.45, 2.75) is 24.8 Å². The van der Waals surface area contributed by atoms with Crippen LogP contribution >= 0.6 is 11.8 Å².